The van der Waals surface area contributed by atoms with Crippen molar-refractivity contribution in [1.29, 1.82) is 0 Å². The number of hydrogen-bond donors (Lipinski definition) is 0. The lowest BCUT2D eigenvalue weighted by Gasteiger charge is -2.33. The standard InChI is InChI=1S/C15H24O5/c1-7-12(17)19-14(15(5,6)9-10(2)3)20-13(18)8-11(4)16/h7,10,14H,1,8-9H2,2-6H3. The summed E-state index contributed by atoms with van der Waals surface area (Å²) in [5, 5.41) is 0. The number of ether oxygens (including phenoxy) is 2. The molecule has 0 aromatic heterocycles. The SMILES string of the molecule is C=CC(=O)OC(OC(=O)CC(C)=O)C(C)(C)CC(C)C. The second-order valence-electron chi connectivity index (χ2n) is 5.93. The van der Waals surface area contributed by atoms with E-state index in [0.29, 0.717) is 12.3 Å². The molecule has 0 aliphatic rings. The van der Waals surface area contributed by atoms with Crippen LogP contribution in [0.3, 0.4) is 0 Å². The second kappa shape index (κ2) is 7.82. The minimum Gasteiger partial charge on any atom is -0.424 e. The topological polar surface area (TPSA) is 69.7 Å². The summed E-state index contributed by atoms with van der Waals surface area (Å²) in [7, 11) is 0. The predicted molar refractivity (Wildman–Crippen MR) is 74.7 cm³/mol. The molecule has 114 valence electrons. The summed E-state index contributed by atoms with van der Waals surface area (Å²) in [6.45, 7) is 12.3. The van der Waals surface area contributed by atoms with E-state index in [2.05, 4.69) is 6.58 Å². The summed E-state index contributed by atoms with van der Waals surface area (Å²) < 4.78 is 10.3. The molecule has 20 heavy (non-hydrogen) atoms. The van der Waals surface area contributed by atoms with Gasteiger partial charge in [0.1, 0.15) is 12.2 Å². The van der Waals surface area contributed by atoms with E-state index in [4.69, 9.17) is 9.47 Å². The maximum absolute atomic E-state index is 11.6. The molecule has 0 bridgehead atoms. The van der Waals surface area contributed by atoms with Gasteiger partial charge in [-0.15, -0.1) is 0 Å². The number of ketones is 1. The van der Waals surface area contributed by atoms with Gasteiger partial charge in [-0.25, -0.2) is 4.79 Å². The van der Waals surface area contributed by atoms with Gasteiger partial charge in [0.25, 0.3) is 6.29 Å². The van der Waals surface area contributed by atoms with Gasteiger partial charge in [0, 0.05) is 11.5 Å². The van der Waals surface area contributed by atoms with Crippen LogP contribution in [0.15, 0.2) is 12.7 Å². The average molecular weight is 284 g/mol. The molecule has 0 aromatic rings. The summed E-state index contributed by atoms with van der Waals surface area (Å²) in [5.41, 5.74) is -0.556. The Morgan fingerprint density at radius 1 is 1.20 bits per heavy atom. The molecule has 0 amide bonds. The molecule has 0 radical (unpaired) electrons. The molecule has 0 saturated carbocycles. The molecule has 1 atom stereocenters. The maximum Gasteiger partial charge on any atom is 0.333 e. The number of Topliss-reactive ketones (excluding diaryl/α,β-unsaturated/α-hetero) is 1. The Labute approximate surface area is 120 Å². The van der Waals surface area contributed by atoms with Crippen molar-refractivity contribution in [2.75, 3.05) is 0 Å². The summed E-state index contributed by atoms with van der Waals surface area (Å²) in [5.74, 6) is -1.33. The molecule has 0 aromatic carbocycles. The van der Waals surface area contributed by atoms with E-state index in [9.17, 15) is 14.4 Å². The lowest BCUT2D eigenvalue weighted by atomic mass is 9.83. The molecule has 0 aliphatic heterocycles. The Hall–Kier alpha value is -1.65. The molecule has 0 rings (SSSR count). The summed E-state index contributed by atoms with van der Waals surface area (Å²) >= 11 is 0. The van der Waals surface area contributed by atoms with Crippen LogP contribution in [0.2, 0.25) is 0 Å². The van der Waals surface area contributed by atoms with Crippen molar-refractivity contribution in [2.24, 2.45) is 11.3 Å². The van der Waals surface area contributed by atoms with Gasteiger partial charge >= 0.3 is 11.9 Å². The number of carbonyl (C=O) groups excluding carboxylic acids is 3. The van der Waals surface area contributed by atoms with Gasteiger partial charge in [-0.05, 0) is 19.3 Å². The molecular weight excluding hydrogens is 260 g/mol. The molecule has 1 unspecified atom stereocenters. The largest absolute Gasteiger partial charge is 0.424 e. The number of esters is 2. The Morgan fingerprint density at radius 2 is 1.75 bits per heavy atom. The van der Waals surface area contributed by atoms with E-state index in [0.717, 1.165) is 6.08 Å². The molecule has 0 saturated heterocycles. The fraction of sp³-hybridized carbons (Fsp3) is 0.667. The van der Waals surface area contributed by atoms with Crippen molar-refractivity contribution < 1.29 is 23.9 Å². The number of carbonyl (C=O) groups is 3. The molecule has 5 heteroatoms. The van der Waals surface area contributed by atoms with Crippen molar-refractivity contribution in [1.82, 2.24) is 0 Å². The first-order valence-corrected chi connectivity index (χ1v) is 6.60. The Balaban J connectivity index is 4.96. The monoisotopic (exact) mass is 284 g/mol. The summed E-state index contributed by atoms with van der Waals surface area (Å²) in [6.07, 6.45) is 0.328. The highest BCUT2D eigenvalue weighted by molar-refractivity contribution is 5.94. The molecule has 0 spiro atoms. The minimum absolute atomic E-state index is 0.300. The highest BCUT2D eigenvalue weighted by Crippen LogP contribution is 2.32. The third-order valence-corrected chi connectivity index (χ3v) is 2.59. The maximum atomic E-state index is 11.6. The van der Waals surface area contributed by atoms with E-state index in [-0.39, 0.29) is 12.2 Å². The van der Waals surface area contributed by atoms with Gasteiger partial charge < -0.3 is 9.47 Å². The first kappa shape index (κ1) is 18.4. The van der Waals surface area contributed by atoms with Crippen molar-refractivity contribution in [2.45, 2.75) is 53.8 Å². The van der Waals surface area contributed by atoms with Crippen LogP contribution in [0.5, 0.6) is 0 Å². The van der Waals surface area contributed by atoms with Crippen LogP contribution in [0.25, 0.3) is 0 Å². The van der Waals surface area contributed by atoms with Crippen molar-refractivity contribution in [3.63, 3.8) is 0 Å². The number of hydrogen-bond acceptors (Lipinski definition) is 5. The van der Waals surface area contributed by atoms with Crippen molar-refractivity contribution >= 4 is 17.7 Å². The van der Waals surface area contributed by atoms with E-state index < -0.39 is 23.6 Å². The number of rotatable bonds is 8. The summed E-state index contributed by atoms with van der Waals surface area (Å²) in [4.78, 5) is 33.9. The Bertz CT molecular complexity index is 382. The third kappa shape index (κ3) is 7.07. The van der Waals surface area contributed by atoms with Gasteiger partial charge in [-0.1, -0.05) is 34.3 Å². The van der Waals surface area contributed by atoms with Gasteiger partial charge in [0.05, 0.1) is 0 Å². The van der Waals surface area contributed by atoms with Crippen LogP contribution < -0.4 is 0 Å². The second-order valence-corrected chi connectivity index (χ2v) is 5.93. The fourth-order valence-corrected chi connectivity index (χ4v) is 2.01. The van der Waals surface area contributed by atoms with Crippen LogP contribution in [0.1, 0.15) is 47.5 Å². The van der Waals surface area contributed by atoms with Crippen LogP contribution in [0.4, 0.5) is 0 Å². The lowest BCUT2D eigenvalue weighted by molar-refractivity contribution is -0.207. The first-order chi connectivity index (χ1) is 9.08. The lowest BCUT2D eigenvalue weighted by Crippen LogP contribution is -2.39. The zero-order valence-electron chi connectivity index (χ0n) is 12.9. The quantitative estimate of drug-likeness (QED) is 0.296. The van der Waals surface area contributed by atoms with Gasteiger partial charge in [-0.2, -0.15) is 0 Å². The highest BCUT2D eigenvalue weighted by atomic mass is 16.7. The van der Waals surface area contributed by atoms with Gasteiger partial charge in [0.2, 0.25) is 0 Å². The molecular formula is C15H24O5. The third-order valence-electron chi connectivity index (χ3n) is 2.59. The first-order valence-electron chi connectivity index (χ1n) is 6.60. The minimum atomic E-state index is -1.04. The van der Waals surface area contributed by atoms with Crippen LogP contribution in [-0.2, 0) is 23.9 Å². The molecule has 5 nitrogen and oxygen atoms in total. The van der Waals surface area contributed by atoms with E-state index >= 15 is 0 Å². The smallest absolute Gasteiger partial charge is 0.333 e. The van der Waals surface area contributed by atoms with Crippen LogP contribution in [-0.4, -0.2) is 24.0 Å². The van der Waals surface area contributed by atoms with Crippen LogP contribution >= 0.6 is 0 Å². The molecule has 0 fully saturated rings. The predicted octanol–water partition coefficient (Wildman–Crippen LogP) is 2.64. The van der Waals surface area contributed by atoms with Crippen LogP contribution in [0, 0.1) is 11.3 Å². The zero-order chi connectivity index (χ0) is 15.9. The van der Waals surface area contributed by atoms with E-state index in [1.54, 1.807) is 0 Å². The van der Waals surface area contributed by atoms with Gasteiger partial charge in [0.15, 0.2) is 0 Å². The zero-order valence-corrected chi connectivity index (χ0v) is 12.9. The summed E-state index contributed by atoms with van der Waals surface area (Å²) in [6, 6.07) is 0. The Kier molecular flexibility index (Phi) is 7.18. The Morgan fingerprint density at radius 3 is 2.15 bits per heavy atom. The molecule has 0 aliphatic carbocycles. The molecule has 0 heterocycles. The van der Waals surface area contributed by atoms with E-state index in [1.807, 2.05) is 27.7 Å². The highest BCUT2D eigenvalue weighted by Gasteiger charge is 2.36. The van der Waals surface area contributed by atoms with Crippen molar-refractivity contribution in [3.05, 3.63) is 12.7 Å². The molecule has 0 N–H and O–H groups in total. The van der Waals surface area contributed by atoms with E-state index in [1.165, 1.54) is 6.92 Å². The van der Waals surface area contributed by atoms with Crippen molar-refractivity contribution in [3.8, 4) is 0 Å². The normalized spacial score (nSPS) is 12.7. The average Bonchev–Trinajstić information content (AvgIpc) is 2.24. The van der Waals surface area contributed by atoms with Gasteiger partial charge in [-0.3, -0.25) is 9.59 Å². The fourth-order valence-electron chi connectivity index (χ4n) is 2.01.